The van der Waals surface area contributed by atoms with Gasteiger partial charge in [-0.1, -0.05) is 21.6 Å². The third-order valence-corrected chi connectivity index (χ3v) is 5.72. The fraction of sp³-hybridized carbons (Fsp3) is 0.875. The standard InChI is InChI=1S/C8H11N3O11S2/c12-8(13)7(22-11(18)19)6(21-10(16)17)5(20-9(14)15)3-4-1-2-23-24-4/h4-7H,1-3H2,(H,12,13). The van der Waals surface area contributed by atoms with Crippen molar-refractivity contribution in [2.75, 3.05) is 5.75 Å². The fourth-order valence-electron chi connectivity index (χ4n) is 1.89. The summed E-state index contributed by atoms with van der Waals surface area (Å²) < 4.78 is 0. The molecule has 0 saturated carbocycles. The van der Waals surface area contributed by atoms with E-state index >= 15 is 0 Å². The molecule has 1 aliphatic heterocycles. The average molecular weight is 389 g/mol. The maximum absolute atomic E-state index is 11.1. The molecule has 1 rings (SSSR count). The van der Waals surface area contributed by atoms with E-state index in [2.05, 4.69) is 14.5 Å². The van der Waals surface area contributed by atoms with Gasteiger partial charge in [0.05, 0.1) is 0 Å². The summed E-state index contributed by atoms with van der Waals surface area (Å²) in [6, 6.07) is 0. The van der Waals surface area contributed by atoms with E-state index in [1.807, 2.05) is 0 Å². The average Bonchev–Trinajstić information content (AvgIpc) is 2.93. The van der Waals surface area contributed by atoms with E-state index < -0.39 is 39.5 Å². The van der Waals surface area contributed by atoms with Gasteiger partial charge in [0.15, 0.2) is 6.10 Å². The second kappa shape index (κ2) is 9.16. The SMILES string of the molecule is O=C(O)C(O[N+](=O)[O-])C(O[N+](=O)[O-])C(CC1CCSS1)O[N+](=O)[O-]. The Morgan fingerprint density at radius 2 is 1.71 bits per heavy atom. The number of hydrogen-bond donors (Lipinski definition) is 1. The molecule has 0 radical (unpaired) electrons. The van der Waals surface area contributed by atoms with Crippen LogP contribution in [0.5, 0.6) is 0 Å². The van der Waals surface area contributed by atoms with Crippen LogP contribution in [0.1, 0.15) is 12.8 Å². The van der Waals surface area contributed by atoms with Crippen LogP contribution in [0, 0.1) is 30.3 Å². The Labute approximate surface area is 140 Å². The van der Waals surface area contributed by atoms with E-state index in [0.29, 0.717) is 6.42 Å². The lowest BCUT2D eigenvalue weighted by molar-refractivity contribution is -0.814. The van der Waals surface area contributed by atoms with Gasteiger partial charge in [-0.05, 0) is 12.8 Å². The summed E-state index contributed by atoms with van der Waals surface area (Å²) in [6.45, 7) is 0. The number of hydrogen-bond acceptors (Lipinski definition) is 12. The molecular formula is C8H11N3O11S2. The number of rotatable bonds is 11. The molecule has 1 heterocycles. The molecule has 136 valence electrons. The van der Waals surface area contributed by atoms with Crippen LogP contribution in [0.2, 0.25) is 0 Å². The zero-order valence-electron chi connectivity index (χ0n) is 11.6. The molecule has 24 heavy (non-hydrogen) atoms. The summed E-state index contributed by atoms with van der Waals surface area (Å²) in [5, 5.41) is 36.2. The molecule has 0 aromatic heterocycles. The first-order chi connectivity index (χ1) is 11.2. The number of carboxylic acids is 1. The third-order valence-electron chi connectivity index (χ3n) is 2.76. The largest absolute Gasteiger partial charge is 0.480 e. The maximum atomic E-state index is 11.1. The predicted octanol–water partition coefficient (Wildman–Crippen LogP) is 0.346. The van der Waals surface area contributed by atoms with E-state index in [-0.39, 0.29) is 11.7 Å². The first-order valence-corrected chi connectivity index (χ1v) is 8.53. The van der Waals surface area contributed by atoms with Crippen molar-refractivity contribution in [3.63, 3.8) is 0 Å². The van der Waals surface area contributed by atoms with Crippen LogP contribution in [0.15, 0.2) is 0 Å². The molecule has 0 amide bonds. The number of nitrogens with zero attached hydrogens (tertiary/aromatic N) is 3. The van der Waals surface area contributed by atoms with Crippen LogP contribution in [0.3, 0.4) is 0 Å². The fourth-order valence-corrected chi connectivity index (χ4v) is 4.87. The van der Waals surface area contributed by atoms with Crippen molar-refractivity contribution in [1.29, 1.82) is 0 Å². The molecule has 1 saturated heterocycles. The Hall–Kier alpha value is -2.23. The Morgan fingerprint density at radius 3 is 2.12 bits per heavy atom. The van der Waals surface area contributed by atoms with Gasteiger partial charge in [-0.15, -0.1) is 30.3 Å². The van der Waals surface area contributed by atoms with Crippen LogP contribution in [0.25, 0.3) is 0 Å². The molecule has 14 nitrogen and oxygen atoms in total. The topological polar surface area (TPSA) is 194 Å². The molecule has 16 heteroatoms. The summed E-state index contributed by atoms with van der Waals surface area (Å²) in [7, 11) is 2.79. The van der Waals surface area contributed by atoms with Crippen molar-refractivity contribution in [2.45, 2.75) is 36.4 Å². The van der Waals surface area contributed by atoms with Gasteiger partial charge in [0.25, 0.3) is 15.3 Å². The second-order valence-electron chi connectivity index (χ2n) is 4.31. The molecule has 1 fully saturated rings. The van der Waals surface area contributed by atoms with E-state index in [0.717, 1.165) is 5.75 Å². The van der Waals surface area contributed by atoms with E-state index in [9.17, 15) is 35.1 Å². The highest BCUT2D eigenvalue weighted by atomic mass is 33.1. The minimum atomic E-state index is -2.48. The molecule has 0 spiro atoms. The Morgan fingerprint density at radius 1 is 1.12 bits per heavy atom. The quantitative estimate of drug-likeness (QED) is 0.289. The van der Waals surface area contributed by atoms with Crippen LogP contribution in [-0.4, -0.2) is 55.7 Å². The van der Waals surface area contributed by atoms with Crippen molar-refractivity contribution in [3.05, 3.63) is 30.3 Å². The van der Waals surface area contributed by atoms with Gasteiger partial charge in [-0.3, -0.25) is 4.84 Å². The highest BCUT2D eigenvalue weighted by Gasteiger charge is 2.43. The molecule has 0 aromatic carbocycles. The van der Waals surface area contributed by atoms with Crippen LogP contribution in [0.4, 0.5) is 0 Å². The highest BCUT2D eigenvalue weighted by molar-refractivity contribution is 8.77. The molecule has 4 unspecified atom stereocenters. The molecular weight excluding hydrogens is 378 g/mol. The number of carboxylic acid groups (broad SMARTS) is 1. The predicted molar refractivity (Wildman–Crippen MR) is 76.3 cm³/mol. The van der Waals surface area contributed by atoms with Crippen LogP contribution < -0.4 is 0 Å². The molecule has 0 aromatic rings. The monoisotopic (exact) mass is 389 g/mol. The first kappa shape index (κ1) is 19.8. The number of aliphatic carboxylic acids is 1. The van der Waals surface area contributed by atoms with Crippen molar-refractivity contribution in [3.8, 4) is 0 Å². The van der Waals surface area contributed by atoms with E-state index in [1.165, 1.54) is 21.6 Å². The zero-order chi connectivity index (χ0) is 18.3. The lowest BCUT2D eigenvalue weighted by atomic mass is 10.0. The van der Waals surface area contributed by atoms with Gasteiger partial charge in [-0.25, -0.2) is 4.79 Å². The zero-order valence-corrected chi connectivity index (χ0v) is 13.3. The van der Waals surface area contributed by atoms with Crippen LogP contribution >= 0.6 is 21.6 Å². The Bertz CT molecular complexity index is 500. The molecule has 1 N–H and O–H groups in total. The van der Waals surface area contributed by atoms with E-state index in [1.54, 1.807) is 0 Å². The van der Waals surface area contributed by atoms with Gasteiger partial charge in [-0.2, -0.15) is 0 Å². The maximum Gasteiger partial charge on any atom is 0.335 e. The molecule has 1 aliphatic rings. The first-order valence-electron chi connectivity index (χ1n) is 6.15. The normalized spacial score (nSPS) is 20.4. The van der Waals surface area contributed by atoms with Crippen molar-refractivity contribution in [1.82, 2.24) is 0 Å². The van der Waals surface area contributed by atoms with Crippen LogP contribution in [-0.2, 0) is 19.3 Å². The summed E-state index contributed by atoms with van der Waals surface area (Å²) in [6.07, 6.45) is -6.04. The second-order valence-corrected chi connectivity index (χ2v) is 7.10. The number of carbonyl (C=O) groups is 1. The summed E-state index contributed by atoms with van der Waals surface area (Å²) >= 11 is 0. The minimum absolute atomic E-state index is 0.192. The lowest BCUT2D eigenvalue weighted by Crippen LogP contribution is -2.50. The van der Waals surface area contributed by atoms with Gasteiger partial charge >= 0.3 is 5.97 Å². The van der Waals surface area contributed by atoms with Gasteiger partial charge in [0, 0.05) is 11.0 Å². The third kappa shape index (κ3) is 6.49. The molecule has 0 aliphatic carbocycles. The summed E-state index contributed by atoms with van der Waals surface area (Å²) in [5.74, 6) is -1.25. The molecule has 0 bridgehead atoms. The smallest absolute Gasteiger partial charge is 0.335 e. The van der Waals surface area contributed by atoms with Crippen molar-refractivity contribution in [2.24, 2.45) is 0 Å². The van der Waals surface area contributed by atoms with Crippen molar-refractivity contribution >= 4 is 27.6 Å². The van der Waals surface area contributed by atoms with Gasteiger partial charge < -0.3 is 14.8 Å². The Balaban J connectivity index is 3.06. The molecule has 4 atom stereocenters. The van der Waals surface area contributed by atoms with Gasteiger partial charge in [0.2, 0.25) is 6.10 Å². The van der Waals surface area contributed by atoms with Crippen molar-refractivity contribution < 1.29 is 39.7 Å². The summed E-state index contributed by atoms with van der Waals surface area (Å²) in [4.78, 5) is 55.0. The Kier molecular flexibility index (Phi) is 7.56. The highest BCUT2D eigenvalue weighted by Crippen LogP contribution is 2.40. The summed E-state index contributed by atoms with van der Waals surface area (Å²) in [5.41, 5.74) is 0. The van der Waals surface area contributed by atoms with Gasteiger partial charge in [0.1, 0.15) is 6.10 Å². The lowest BCUT2D eigenvalue weighted by Gasteiger charge is -2.28. The van der Waals surface area contributed by atoms with E-state index in [4.69, 9.17) is 5.11 Å². The minimum Gasteiger partial charge on any atom is -0.480 e.